The van der Waals surface area contributed by atoms with Crippen LogP contribution in [0.4, 0.5) is 0 Å². The number of fused-ring (bicyclic) bond motifs is 6. The second-order valence-corrected chi connectivity index (χ2v) is 14.3. The van der Waals surface area contributed by atoms with Gasteiger partial charge in [-0.25, -0.2) is 4.98 Å². The Hall–Kier alpha value is -4.66. The molecule has 0 N–H and O–H groups in total. The molecule has 0 fully saturated rings. The molecule has 0 saturated carbocycles. The smallest absolute Gasteiger partial charge is 0.232 e. The minimum Gasteiger partial charge on any atom is -0.437 e. The predicted molar refractivity (Wildman–Crippen MR) is 169 cm³/mol. The van der Waals surface area contributed by atoms with Crippen molar-refractivity contribution in [2.75, 3.05) is 0 Å². The standard InChI is InChI=1S/C36H27N2O2P/c1-36(41(39,29-10-4-2-5-11-29)30-12-6-3-7-13-30)21-20-26-22-25(16-17-27(26)23-36)28-18-19-33-37-34-31-14-8-9-15-32(31)40-35(34)38(33)24-28/h2-22,24H,23H2,1H3. The van der Waals surface area contributed by atoms with Crippen LogP contribution in [-0.2, 0) is 11.0 Å². The third-order valence-electron chi connectivity index (χ3n) is 8.53. The van der Waals surface area contributed by atoms with Gasteiger partial charge >= 0.3 is 0 Å². The van der Waals surface area contributed by atoms with Crippen LogP contribution in [0, 0.1) is 0 Å². The number of nitrogens with zero attached hydrogens (tertiary/aromatic N) is 2. The maximum Gasteiger partial charge on any atom is 0.232 e. The first-order valence-corrected chi connectivity index (χ1v) is 15.6. The van der Waals surface area contributed by atoms with E-state index in [2.05, 4.69) is 49.5 Å². The van der Waals surface area contributed by atoms with E-state index < -0.39 is 12.3 Å². The first kappa shape index (κ1) is 24.2. The van der Waals surface area contributed by atoms with Crippen LogP contribution in [0.3, 0.4) is 0 Å². The lowest BCUT2D eigenvalue weighted by Crippen LogP contribution is -2.37. The summed E-state index contributed by atoms with van der Waals surface area (Å²) in [6.07, 6.45) is 7.13. The number of imidazole rings is 1. The minimum atomic E-state index is -3.00. The second kappa shape index (κ2) is 8.92. The summed E-state index contributed by atoms with van der Waals surface area (Å²) in [5.41, 5.74) is 7.91. The highest BCUT2D eigenvalue weighted by molar-refractivity contribution is 7.80. The topological polar surface area (TPSA) is 47.5 Å². The predicted octanol–water partition coefficient (Wildman–Crippen LogP) is 8.24. The molecule has 0 aliphatic heterocycles. The van der Waals surface area contributed by atoms with Crippen molar-refractivity contribution in [3.63, 3.8) is 0 Å². The summed E-state index contributed by atoms with van der Waals surface area (Å²) < 4.78 is 23.4. The lowest BCUT2D eigenvalue weighted by Gasteiger charge is -2.39. The van der Waals surface area contributed by atoms with E-state index in [1.165, 1.54) is 5.56 Å². The fourth-order valence-electron chi connectivity index (χ4n) is 6.36. The summed E-state index contributed by atoms with van der Waals surface area (Å²) in [6.45, 7) is 2.15. The zero-order chi connectivity index (χ0) is 27.6. The van der Waals surface area contributed by atoms with E-state index in [4.69, 9.17) is 9.40 Å². The number of allylic oxidation sites excluding steroid dienone is 1. The van der Waals surface area contributed by atoms with Gasteiger partial charge in [-0.15, -0.1) is 0 Å². The number of hydrogen-bond donors (Lipinski definition) is 0. The van der Waals surface area contributed by atoms with Crippen LogP contribution < -0.4 is 10.6 Å². The van der Waals surface area contributed by atoms with Crippen molar-refractivity contribution in [1.29, 1.82) is 0 Å². The Morgan fingerprint density at radius 1 is 0.805 bits per heavy atom. The molecule has 0 radical (unpaired) electrons. The Morgan fingerprint density at radius 2 is 1.49 bits per heavy atom. The van der Waals surface area contributed by atoms with Gasteiger partial charge in [0.2, 0.25) is 5.71 Å². The van der Waals surface area contributed by atoms with Gasteiger partial charge in [-0.3, -0.25) is 4.40 Å². The van der Waals surface area contributed by atoms with Gasteiger partial charge in [0.1, 0.15) is 16.7 Å². The average molecular weight is 551 g/mol. The average Bonchev–Trinajstić information content (AvgIpc) is 3.57. The molecule has 4 nitrogen and oxygen atoms in total. The molecule has 4 aromatic carbocycles. The van der Waals surface area contributed by atoms with Gasteiger partial charge in [-0.2, -0.15) is 0 Å². The maximum absolute atomic E-state index is 15.2. The van der Waals surface area contributed by atoms with Crippen molar-refractivity contribution in [2.45, 2.75) is 18.5 Å². The van der Waals surface area contributed by atoms with Gasteiger partial charge in [-0.1, -0.05) is 97.1 Å². The molecule has 0 saturated heterocycles. The summed E-state index contributed by atoms with van der Waals surface area (Å²) in [4.78, 5) is 4.83. The molecule has 8 rings (SSSR count). The monoisotopic (exact) mass is 550 g/mol. The molecule has 198 valence electrons. The van der Waals surface area contributed by atoms with Gasteiger partial charge in [0.05, 0.1) is 5.16 Å². The summed E-state index contributed by atoms with van der Waals surface area (Å²) >= 11 is 0. The molecule has 5 heteroatoms. The summed E-state index contributed by atoms with van der Waals surface area (Å²) in [7, 11) is -3.00. The van der Waals surface area contributed by atoms with E-state index >= 15 is 4.57 Å². The maximum atomic E-state index is 15.2. The van der Waals surface area contributed by atoms with Crippen LogP contribution in [0.15, 0.2) is 132 Å². The van der Waals surface area contributed by atoms with Crippen molar-refractivity contribution >= 4 is 51.7 Å². The Bertz CT molecular complexity index is 2130. The molecular weight excluding hydrogens is 523 g/mol. The van der Waals surface area contributed by atoms with Gasteiger partial charge in [-0.05, 0) is 65.9 Å². The molecule has 41 heavy (non-hydrogen) atoms. The van der Waals surface area contributed by atoms with E-state index in [0.717, 1.165) is 55.1 Å². The van der Waals surface area contributed by atoms with Gasteiger partial charge in [0.25, 0.3) is 0 Å². The van der Waals surface area contributed by atoms with Crippen molar-refractivity contribution in [1.82, 2.24) is 9.38 Å². The number of aromatic nitrogens is 2. The van der Waals surface area contributed by atoms with Crippen molar-refractivity contribution < 1.29 is 8.98 Å². The van der Waals surface area contributed by atoms with E-state index in [-0.39, 0.29) is 0 Å². The Kier molecular flexibility index (Phi) is 5.26. The highest BCUT2D eigenvalue weighted by atomic mass is 31.2. The molecule has 0 spiro atoms. The minimum absolute atomic E-state index is 0.549. The first-order chi connectivity index (χ1) is 20.0. The number of furan rings is 1. The fraction of sp³-hybridized carbons (Fsp3) is 0.0833. The first-order valence-electron chi connectivity index (χ1n) is 13.9. The molecular formula is C36H27N2O2P. The summed E-state index contributed by atoms with van der Waals surface area (Å²) in [5.74, 6) is 0. The Balaban J connectivity index is 1.20. The van der Waals surface area contributed by atoms with Crippen LogP contribution in [0.2, 0.25) is 0 Å². The molecule has 0 amide bonds. The number of para-hydroxylation sites is 1. The third-order valence-corrected chi connectivity index (χ3v) is 12.3. The molecule has 1 atom stereocenters. The van der Waals surface area contributed by atoms with Crippen molar-refractivity contribution in [3.05, 3.63) is 139 Å². The zero-order valence-electron chi connectivity index (χ0n) is 22.6. The highest BCUT2D eigenvalue weighted by Gasteiger charge is 2.46. The molecule has 1 unspecified atom stereocenters. The number of hydrogen-bond acceptors (Lipinski definition) is 3. The Morgan fingerprint density at radius 3 is 2.24 bits per heavy atom. The van der Waals surface area contributed by atoms with Crippen LogP contribution >= 0.6 is 7.14 Å². The molecule has 0 bridgehead atoms. The van der Waals surface area contributed by atoms with Gasteiger partial charge in [0, 0.05) is 22.2 Å². The fourth-order valence-corrected chi connectivity index (χ4v) is 9.70. The zero-order valence-corrected chi connectivity index (χ0v) is 23.5. The van der Waals surface area contributed by atoms with Crippen molar-refractivity contribution in [2.24, 2.45) is 0 Å². The largest absolute Gasteiger partial charge is 0.437 e. The van der Waals surface area contributed by atoms with Gasteiger partial charge < -0.3 is 8.98 Å². The van der Waals surface area contributed by atoms with E-state index in [1.54, 1.807) is 0 Å². The van der Waals surface area contributed by atoms with E-state index in [1.807, 2.05) is 95.4 Å². The van der Waals surface area contributed by atoms with Crippen LogP contribution in [0.5, 0.6) is 0 Å². The molecule has 3 aromatic heterocycles. The second-order valence-electron chi connectivity index (χ2n) is 11.1. The summed E-state index contributed by atoms with van der Waals surface area (Å²) in [5, 5.41) is 2.26. The van der Waals surface area contributed by atoms with Crippen molar-refractivity contribution in [3.8, 4) is 11.1 Å². The van der Waals surface area contributed by atoms with Gasteiger partial charge in [0.15, 0.2) is 7.14 Å². The lowest BCUT2D eigenvalue weighted by molar-refractivity contribution is 0.564. The molecule has 3 heterocycles. The Labute approximate surface area is 238 Å². The van der Waals surface area contributed by atoms with E-state index in [0.29, 0.717) is 6.42 Å². The normalized spacial score (nSPS) is 16.9. The molecule has 7 aromatic rings. The number of rotatable bonds is 4. The summed E-state index contributed by atoms with van der Waals surface area (Å²) in [6, 6.07) is 38.7. The van der Waals surface area contributed by atoms with E-state index in [9.17, 15) is 0 Å². The van der Waals surface area contributed by atoms with Crippen LogP contribution in [0.25, 0.3) is 45.0 Å². The number of benzene rings is 4. The third kappa shape index (κ3) is 3.61. The van der Waals surface area contributed by atoms with Crippen LogP contribution in [-0.4, -0.2) is 14.5 Å². The SMILES string of the molecule is CC1(P(=O)(c2ccccc2)c2ccccc2)C=Cc2cc(-c3ccc4nc5c6ccccc6oc5n4c3)ccc2C1. The quantitative estimate of drug-likeness (QED) is 0.207. The highest BCUT2D eigenvalue weighted by Crippen LogP contribution is 2.59. The molecule has 1 aliphatic carbocycles. The van der Waals surface area contributed by atoms with Crippen LogP contribution in [0.1, 0.15) is 18.1 Å². The lowest BCUT2D eigenvalue weighted by atomic mass is 9.88. The molecule has 1 aliphatic rings. The number of pyridine rings is 1.